The third-order valence-electron chi connectivity index (χ3n) is 3.49. The van der Waals surface area contributed by atoms with Crippen LogP contribution in [0.1, 0.15) is 11.5 Å². The van der Waals surface area contributed by atoms with Gasteiger partial charge in [-0.2, -0.15) is 0 Å². The molecule has 106 valence electrons. The van der Waals surface area contributed by atoms with E-state index in [0.717, 1.165) is 53.4 Å². The molecule has 0 bridgehead atoms. The van der Waals surface area contributed by atoms with Gasteiger partial charge in [-0.25, -0.2) is 4.98 Å². The number of nitrogens with zero attached hydrogens (tertiary/aromatic N) is 1. The van der Waals surface area contributed by atoms with E-state index in [0.29, 0.717) is 0 Å². The molecule has 1 aliphatic rings. The molecule has 1 fully saturated rings. The number of aromatic amines is 1. The monoisotopic (exact) mass is 335 g/mol. The number of halogens is 1. The van der Waals surface area contributed by atoms with Gasteiger partial charge in [-0.1, -0.05) is 34.1 Å². The first-order valence-electron chi connectivity index (χ1n) is 6.87. The Bertz CT molecular complexity index is 591. The maximum atomic E-state index is 5.73. The molecule has 1 aliphatic heterocycles. The predicted octanol–water partition coefficient (Wildman–Crippen LogP) is 2.68. The van der Waals surface area contributed by atoms with Crippen molar-refractivity contribution in [2.45, 2.75) is 19.4 Å². The summed E-state index contributed by atoms with van der Waals surface area (Å²) >= 11 is 3.59. The molecule has 20 heavy (non-hydrogen) atoms. The smallest absolute Gasteiger partial charge is 0.109 e. The van der Waals surface area contributed by atoms with E-state index in [1.165, 1.54) is 0 Å². The first kappa shape index (κ1) is 13.8. The first-order chi connectivity index (χ1) is 9.74. The number of hydrogen-bond acceptors (Lipinski definition) is 3. The fraction of sp³-hybridized carbons (Fsp3) is 0.400. The van der Waals surface area contributed by atoms with Gasteiger partial charge < -0.3 is 15.0 Å². The summed E-state index contributed by atoms with van der Waals surface area (Å²) in [4.78, 5) is 8.12. The Morgan fingerprint density at radius 1 is 1.40 bits per heavy atom. The second kappa shape index (κ2) is 6.08. The Balaban J connectivity index is 1.82. The lowest BCUT2D eigenvalue weighted by atomic mass is 10.1. The van der Waals surface area contributed by atoms with Gasteiger partial charge in [-0.3, -0.25) is 0 Å². The molecular weight excluding hydrogens is 318 g/mol. The van der Waals surface area contributed by atoms with Crippen molar-refractivity contribution in [2.75, 3.05) is 19.7 Å². The predicted molar refractivity (Wildman–Crippen MR) is 82.8 cm³/mol. The van der Waals surface area contributed by atoms with Gasteiger partial charge in [0.15, 0.2) is 0 Å². The molecule has 0 aliphatic carbocycles. The van der Waals surface area contributed by atoms with Crippen LogP contribution in [0.5, 0.6) is 0 Å². The highest BCUT2D eigenvalue weighted by atomic mass is 79.9. The number of aryl methyl sites for hydroxylation is 1. The van der Waals surface area contributed by atoms with E-state index in [4.69, 9.17) is 9.72 Å². The average molecular weight is 336 g/mol. The maximum Gasteiger partial charge on any atom is 0.109 e. The van der Waals surface area contributed by atoms with Crippen LogP contribution in [-0.2, 0) is 11.2 Å². The molecule has 2 N–H and O–H groups in total. The van der Waals surface area contributed by atoms with E-state index in [9.17, 15) is 0 Å². The molecule has 4 nitrogen and oxygen atoms in total. The van der Waals surface area contributed by atoms with E-state index in [-0.39, 0.29) is 6.10 Å². The minimum atomic E-state index is 0.210. The minimum absolute atomic E-state index is 0.210. The lowest BCUT2D eigenvalue weighted by Gasteiger charge is -2.22. The molecule has 0 saturated carbocycles. The van der Waals surface area contributed by atoms with Crippen LogP contribution in [0.3, 0.4) is 0 Å². The van der Waals surface area contributed by atoms with Crippen LogP contribution in [0.15, 0.2) is 28.7 Å². The zero-order valence-electron chi connectivity index (χ0n) is 11.4. The normalized spacial score (nSPS) is 19.2. The van der Waals surface area contributed by atoms with Crippen LogP contribution >= 0.6 is 15.9 Å². The molecule has 1 atom stereocenters. The van der Waals surface area contributed by atoms with Crippen molar-refractivity contribution >= 4 is 15.9 Å². The SMILES string of the molecule is Cc1[nH]c(CC2CNCCO2)nc1-c1ccccc1Br. The van der Waals surface area contributed by atoms with Crippen molar-refractivity contribution in [1.82, 2.24) is 15.3 Å². The number of nitrogens with one attached hydrogen (secondary N) is 2. The number of hydrogen-bond donors (Lipinski definition) is 2. The van der Waals surface area contributed by atoms with Gasteiger partial charge >= 0.3 is 0 Å². The van der Waals surface area contributed by atoms with Crippen LogP contribution in [-0.4, -0.2) is 35.8 Å². The molecule has 1 aromatic carbocycles. The van der Waals surface area contributed by atoms with Gasteiger partial charge in [0.2, 0.25) is 0 Å². The topological polar surface area (TPSA) is 49.9 Å². The highest BCUT2D eigenvalue weighted by Crippen LogP contribution is 2.29. The Morgan fingerprint density at radius 3 is 3.00 bits per heavy atom. The lowest BCUT2D eigenvalue weighted by molar-refractivity contribution is 0.0281. The summed E-state index contributed by atoms with van der Waals surface area (Å²) in [6, 6.07) is 8.16. The zero-order valence-corrected chi connectivity index (χ0v) is 13.0. The first-order valence-corrected chi connectivity index (χ1v) is 7.66. The number of rotatable bonds is 3. The van der Waals surface area contributed by atoms with E-state index in [1.807, 2.05) is 18.2 Å². The molecule has 2 aromatic rings. The Morgan fingerprint density at radius 2 is 2.25 bits per heavy atom. The fourth-order valence-corrected chi connectivity index (χ4v) is 2.97. The summed E-state index contributed by atoms with van der Waals surface area (Å²) < 4.78 is 6.80. The molecular formula is C15H18BrN3O. The summed E-state index contributed by atoms with van der Waals surface area (Å²) in [6.45, 7) is 4.67. The van der Waals surface area contributed by atoms with Crippen molar-refractivity contribution < 1.29 is 4.74 Å². The number of ether oxygens (including phenoxy) is 1. The van der Waals surface area contributed by atoms with Crippen molar-refractivity contribution in [3.8, 4) is 11.3 Å². The van der Waals surface area contributed by atoms with E-state index in [2.05, 4.69) is 39.2 Å². The van der Waals surface area contributed by atoms with Crippen LogP contribution in [0.2, 0.25) is 0 Å². The largest absolute Gasteiger partial charge is 0.375 e. The minimum Gasteiger partial charge on any atom is -0.375 e. The van der Waals surface area contributed by atoms with Gasteiger partial charge in [0, 0.05) is 35.2 Å². The average Bonchev–Trinajstić information content (AvgIpc) is 2.81. The Hall–Kier alpha value is -1.17. The number of benzene rings is 1. The van der Waals surface area contributed by atoms with Gasteiger partial charge in [0.25, 0.3) is 0 Å². The van der Waals surface area contributed by atoms with Crippen LogP contribution < -0.4 is 5.32 Å². The van der Waals surface area contributed by atoms with Crippen molar-refractivity contribution in [2.24, 2.45) is 0 Å². The van der Waals surface area contributed by atoms with E-state index >= 15 is 0 Å². The number of imidazole rings is 1. The van der Waals surface area contributed by atoms with Gasteiger partial charge in [-0.15, -0.1) is 0 Å². The summed E-state index contributed by atoms with van der Waals surface area (Å²) in [5.74, 6) is 0.988. The maximum absolute atomic E-state index is 5.73. The molecule has 1 aromatic heterocycles. The quantitative estimate of drug-likeness (QED) is 0.906. The highest BCUT2D eigenvalue weighted by molar-refractivity contribution is 9.10. The lowest BCUT2D eigenvalue weighted by Crippen LogP contribution is -2.39. The second-order valence-corrected chi connectivity index (χ2v) is 5.89. The Labute approximate surface area is 127 Å². The summed E-state index contributed by atoms with van der Waals surface area (Å²) in [5.41, 5.74) is 3.22. The van der Waals surface area contributed by atoms with Crippen LogP contribution in [0.25, 0.3) is 11.3 Å². The molecule has 0 spiro atoms. The number of morpholine rings is 1. The molecule has 3 rings (SSSR count). The molecule has 0 amide bonds. The third kappa shape index (κ3) is 2.95. The second-order valence-electron chi connectivity index (χ2n) is 5.04. The van der Waals surface area contributed by atoms with E-state index in [1.54, 1.807) is 0 Å². The van der Waals surface area contributed by atoms with Gasteiger partial charge in [0.1, 0.15) is 5.82 Å². The van der Waals surface area contributed by atoms with E-state index < -0.39 is 0 Å². The molecule has 2 heterocycles. The molecule has 0 radical (unpaired) electrons. The van der Waals surface area contributed by atoms with Gasteiger partial charge in [0.05, 0.1) is 18.4 Å². The Kier molecular flexibility index (Phi) is 4.19. The third-order valence-corrected chi connectivity index (χ3v) is 4.18. The highest BCUT2D eigenvalue weighted by Gasteiger charge is 2.17. The standard InChI is InChI=1S/C15H18BrN3O/c1-10-15(12-4-2-3-5-13(12)16)19-14(18-10)8-11-9-17-6-7-20-11/h2-5,11,17H,6-9H2,1H3,(H,18,19). The fourth-order valence-electron chi connectivity index (χ4n) is 2.50. The summed E-state index contributed by atoms with van der Waals surface area (Å²) in [6.07, 6.45) is 1.03. The summed E-state index contributed by atoms with van der Waals surface area (Å²) in [5, 5.41) is 3.34. The van der Waals surface area contributed by atoms with Gasteiger partial charge in [-0.05, 0) is 13.0 Å². The molecule has 1 unspecified atom stereocenters. The summed E-state index contributed by atoms with van der Waals surface area (Å²) in [7, 11) is 0. The zero-order chi connectivity index (χ0) is 13.9. The van der Waals surface area contributed by atoms with Crippen molar-refractivity contribution in [1.29, 1.82) is 0 Å². The van der Waals surface area contributed by atoms with Crippen molar-refractivity contribution in [3.63, 3.8) is 0 Å². The number of H-pyrrole nitrogens is 1. The van der Waals surface area contributed by atoms with Crippen LogP contribution in [0.4, 0.5) is 0 Å². The van der Waals surface area contributed by atoms with Crippen LogP contribution in [0, 0.1) is 6.92 Å². The molecule has 5 heteroatoms. The number of aromatic nitrogens is 2. The molecule has 1 saturated heterocycles. The van der Waals surface area contributed by atoms with Crippen molar-refractivity contribution in [3.05, 3.63) is 40.3 Å².